The fourth-order valence-corrected chi connectivity index (χ4v) is 5.39. The summed E-state index contributed by atoms with van der Waals surface area (Å²) in [5.41, 5.74) is 3.21. The van der Waals surface area contributed by atoms with Gasteiger partial charge in [-0.25, -0.2) is 9.17 Å². The molecule has 5 rings (SSSR count). The first kappa shape index (κ1) is 20.7. The molecule has 1 aromatic heterocycles. The van der Waals surface area contributed by atoms with Crippen molar-refractivity contribution in [3.8, 4) is 16.2 Å². The minimum absolute atomic E-state index is 0.216. The van der Waals surface area contributed by atoms with E-state index in [9.17, 15) is 9.90 Å². The second-order valence-corrected chi connectivity index (χ2v) is 10.0. The Balaban J connectivity index is 1.47. The van der Waals surface area contributed by atoms with Crippen LogP contribution in [-0.2, 0) is 0 Å². The molecule has 2 aliphatic carbocycles. The Morgan fingerprint density at radius 2 is 2.03 bits per heavy atom. The molecule has 2 fully saturated rings. The van der Waals surface area contributed by atoms with Gasteiger partial charge in [0.1, 0.15) is 5.75 Å². The van der Waals surface area contributed by atoms with Gasteiger partial charge in [-0.2, -0.15) is 0 Å². The zero-order chi connectivity index (χ0) is 21.4. The summed E-state index contributed by atoms with van der Waals surface area (Å²) in [5, 5.41) is 10.0. The number of ether oxygens (including phenoxy) is 1. The molecule has 2 saturated carbocycles. The number of carboxylic acid groups (broad SMARTS) is 1. The lowest BCUT2D eigenvalue weighted by Gasteiger charge is -2.28. The van der Waals surface area contributed by atoms with Crippen molar-refractivity contribution < 1.29 is 14.6 Å². The van der Waals surface area contributed by atoms with Crippen LogP contribution in [0, 0.1) is 0 Å². The van der Waals surface area contributed by atoms with Gasteiger partial charge in [0.05, 0.1) is 27.3 Å². The highest BCUT2D eigenvalue weighted by Crippen LogP contribution is 2.46. The van der Waals surface area contributed by atoms with Crippen LogP contribution in [0.15, 0.2) is 47.5 Å². The first-order valence-corrected chi connectivity index (χ1v) is 12.3. The van der Waals surface area contributed by atoms with Crippen LogP contribution in [0.4, 0.5) is 5.69 Å². The summed E-state index contributed by atoms with van der Waals surface area (Å²) in [7, 11) is 0. The standard InChI is InChI=1S/C23H21ClN2O3S2/c24-18-12-20(29-15-2-1-3-15)19(11-17(18)21-8-9-25-30-21)26-31-22-10-14(23(27)28)6-7-16(22)13-4-5-13/h6-13,15,26H,1-5H2,(H,27,28). The summed E-state index contributed by atoms with van der Waals surface area (Å²) in [5.74, 6) is 0.311. The molecule has 5 nitrogen and oxygen atoms in total. The molecule has 3 aromatic rings. The van der Waals surface area contributed by atoms with Gasteiger partial charge in [0.15, 0.2) is 0 Å². The minimum atomic E-state index is -0.919. The van der Waals surface area contributed by atoms with E-state index in [1.165, 1.54) is 35.5 Å². The molecule has 0 amide bonds. The summed E-state index contributed by atoms with van der Waals surface area (Å²) in [4.78, 5) is 13.4. The van der Waals surface area contributed by atoms with Crippen molar-refractivity contribution in [3.63, 3.8) is 0 Å². The predicted octanol–water partition coefficient (Wildman–Crippen LogP) is 7.09. The van der Waals surface area contributed by atoms with Gasteiger partial charge in [-0.15, -0.1) is 0 Å². The number of hydrogen-bond donors (Lipinski definition) is 2. The summed E-state index contributed by atoms with van der Waals surface area (Å²) in [6.45, 7) is 0. The van der Waals surface area contributed by atoms with E-state index in [0.717, 1.165) is 52.5 Å². The fourth-order valence-electron chi connectivity index (χ4n) is 3.54. The van der Waals surface area contributed by atoms with Gasteiger partial charge in [-0.05, 0) is 91.3 Å². The van der Waals surface area contributed by atoms with Gasteiger partial charge in [0.25, 0.3) is 0 Å². The Hall–Kier alpha value is -2.22. The number of carboxylic acids is 1. The number of aromatic nitrogens is 1. The minimum Gasteiger partial charge on any atom is -0.488 e. The number of aromatic carboxylic acids is 1. The highest BCUT2D eigenvalue weighted by atomic mass is 35.5. The maximum absolute atomic E-state index is 11.5. The molecular formula is C23H21ClN2O3S2. The number of benzene rings is 2. The molecule has 0 aliphatic heterocycles. The van der Waals surface area contributed by atoms with Gasteiger partial charge in [0.2, 0.25) is 0 Å². The third-order valence-electron chi connectivity index (χ3n) is 5.67. The Morgan fingerprint density at radius 1 is 1.19 bits per heavy atom. The first-order valence-electron chi connectivity index (χ1n) is 10.3. The molecule has 2 N–H and O–H groups in total. The molecular weight excluding hydrogens is 452 g/mol. The molecule has 2 aliphatic rings. The van der Waals surface area contributed by atoms with Crippen molar-refractivity contribution in [2.75, 3.05) is 4.72 Å². The van der Waals surface area contributed by atoms with Gasteiger partial charge < -0.3 is 14.6 Å². The Bertz CT molecular complexity index is 1110. The molecule has 0 saturated heterocycles. The first-order chi connectivity index (χ1) is 15.1. The van der Waals surface area contributed by atoms with Gasteiger partial charge >= 0.3 is 5.97 Å². The maximum atomic E-state index is 11.5. The number of anilines is 1. The second-order valence-electron chi connectivity index (χ2n) is 7.91. The van der Waals surface area contributed by atoms with Gasteiger partial charge in [-0.3, -0.25) is 0 Å². The van der Waals surface area contributed by atoms with Crippen molar-refractivity contribution in [1.82, 2.24) is 4.37 Å². The quantitative estimate of drug-likeness (QED) is 0.341. The average molecular weight is 473 g/mol. The van der Waals surface area contributed by atoms with Crippen LogP contribution in [0.3, 0.4) is 0 Å². The number of hydrogen-bond acceptors (Lipinski definition) is 6. The molecule has 0 unspecified atom stereocenters. The zero-order valence-corrected chi connectivity index (χ0v) is 19.0. The highest BCUT2D eigenvalue weighted by Gasteiger charge is 2.27. The van der Waals surface area contributed by atoms with Crippen LogP contribution in [0.2, 0.25) is 5.02 Å². The van der Waals surface area contributed by atoms with E-state index < -0.39 is 5.97 Å². The number of carbonyl (C=O) groups is 1. The van der Waals surface area contributed by atoms with E-state index in [-0.39, 0.29) is 6.10 Å². The molecule has 1 heterocycles. The predicted molar refractivity (Wildman–Crippen MR) is 126 cm³/mol. The SMILES string of the molecule is O=C(O)c1ccc(C2CC2)c(SNc2cc(-c3ccns3)c(Cl)cc2OC2CCC2)c1. The van der Waals surface area contributed by atoms with Crippen molar-refractivity contribution in [2.24, 2.45) is 0 Å². The van der Waals surface area contributed by atoms with E-state index in [1.807, 2.05) is 24.3 Å². The number of halogens is 1. The van der Waals surface area contributed by atoms with Crippen LogP contribution >= 0.6 is 35.1 Å². The Morgan fingerprint density at radius 3 is 2.68 bits per heavy atom. The average Bonchev–Trinajstić information content (AvgIpc) is 3.43. The van der Waals surface area contributed by atoms with Crippen molar-refractivity contribution in [3.05, 3.63) is 58.7 Å². The Labute approximate surface area is 194 Å². The van der Waals surface area contributed by atoms with Crippen molar-refractivity contribution in [1.29, 1.82) is 0 Å². The summed E-state index contributed by atoms with van der Waals surface area (Å²) in [6.07, 6.45) is 7.55. The number of nitrogens with zero attached hydrogens (tertiary/aromatic N) is 1. The summed E-state index contributed by atoms with van der Waals surface area (Å²) in [6, 6.07) is 11.2. The summed E-state index contributed by atoms with van der Waals surface area (Å²) >= 11 is 9.41. The smallest absolute Gasteiger partial charge is 0.335 e. The van der Waals surface area contributed by atoms with Gasteiger partial charge in [0, 0.05) is 22.7 Å². The van der Waals surface area contributed by atoms with E-state index in [0.29, 0.717) is 16.5 Å². The summed E-state index contributed by atoms with van der Waals surface area (Å²) < 4.78 is 13.8. The lowest BCUT2D eigenvalue weighted by molar-refractivity contribution is 0.0696. The van der Waals surface area contributed by atoms with Crippen molar-refractivity contribution >= 4 is 46.7 Å². The number of nitrogens with one attached hydrogen (secondary N) is 1. The van der Waals surface area contributed by atoms with Gasteiger partial charge in [-0.1, -0.05) is 17.7 Å². The lowest BCUT2D eigenvalue weighted by atomic mass is 9.96. The van der Waals surface area contributed by atoms with E-state index in [1.54, 1.807) is 18.3 Å². The zero-order valence-electron chi connectivity index (χ0n) is 16.6. The largest absolute Gasteiger partial charge is 0.488 e. The second kappa shape index (κ2) is 8.73. The number of rotatable bonds is 8. The topological polar surface area (TPSA) is 71.5 Å². The molecule has 2 aromatic carbocycles. The highest BCUT2D eigenvalue weighted by molar-refractivity contribution is 8.00. The molecule has 0 radical (unpaired) electrons. The third-order valence-corrected chi connectivity index (χ3v) is 7.65. The van der Waals surface area contributed by atoms with Crippen LogP contribution < -0.4 is 9.46 Å². The lowest BCUT2D eigenvalue weighted by Crippen LogP contribution is -2.24. The van der Waals surface area contributed by atoms with E-state index in [2.05, 4.69) is 9.10 Å². The van der Waals surface area contributed by atoms with Crippen LogP contribution in [0.5, 0.6) is 5.75 Å². The van der Waals surface area contributed by atoms with Crippen LogP contribution in [0.1, 0.15) is 53.9 Å². The molecule has 31 heavy (non-hydrogen) atoms. The fraction of sp³-hybridized carbons (Fsp3) is 0.304. The Kier molecular flexibility index (Phi) is 5.82. The molecule has 0 spiro atoms. The monoisotopic (exact) mass is 472 g/mol. The maximum Gasteiger partial charge on any atom is 0.335 e. The van der Waals surface area contributed by atoms with E-state index in [4.69, 9.17) is 16.3 Å². The molecule has 160 valence electrons. The molecule has 8 heteroatoms. The normalized spacial score (nSPS) is 16.0. The van der Waals surface area contributed by atoms with Crippen LogP contribution in [0.25, 0.3) is 10.4 Å². The third kappa shape index (κ3) is 4.54. The molecule has 0 bridgehead atoms. The van der Waals surface area contributed by atoms with E-state index >= 15 is 0 Å². The van der Waals surface area contributed by atoms with Crippen LogP contribution in [-0.4, -0.2) is 21.6 Å². The molecule has 0 atom stereocenters. The van der Waals surface area contributed by atoms with Crippen molar-refractivity contribution in [2.45, 2.75) is 49.0 Å².